The summed E-state index contributed by atoms with van der Waals surface area (Å²) in [5.41, 5.74) is 2.82. The highest BCUT2D eigenvalue weighted by molar-refractivity contribution is 5.83. The van der Waals surface area contributed by atoms with Crippen LogP contribution in [0.15, 0.2) is 30.5 Å². The van der Waals surface area contributed by atoms with Gasteiger partial charge in [0.1, 0.15) is 0 Å². The van der Waals surface area contributed by atoms with Crippen LogP contribution in [-0.2, 0) is 0 Å². The quantitative estimate of drug-likeness (QED) is 0.898. The second-order valence-electron chi connectivity index (χ2n) is 7.34. The third-order valence-electron chi connectivity index (χ3n) is 5.85. The molecule has 2 aliphatic heterocycles. The minimum Gasteiger partial charge on any atom is -0.361 e. The number of likely N-dealkylation sites (tertiary alicyclic amines) is 1. The van der Waals surface area contributed by atoms with E-state index in [0.717, 1.165) is 12.0 Å². The SMILES string of the molecule is c1ccc2c(C3CCN(CCC4CCCCN4)CC3)c[nH]c2c1. The molecule has 1 unspecified atom stereocenters. The van der Waals surface area contributed by atoms with Gasteiger partial charge in [0, 0.05) is 23.1 Å². The molecule has 2 N–H and O–H groups in total. The van der Waals surface area contributed by atoms with Crippen molar-refractivity contribution >= 4 is 10.9 Å². The van der Waals surface area contributed by atoms with Crippen LogP contribution in [0.1, 0.15) is 50.0 Å². The molecule has 124 valence electrons. The Labute approximate surface area is 139 Å². The summed E-state index contributed by atoms with van der Waals surface area (Å²) in [7, 11) is 0. The van der Waals surface area contributed by atoms with Crippen molar-refractivity contribution in [3.05, 3.63) is 36.0 Å². The fourth-order valence-electron chi connectivity index (χ4n) is 4.41. The first kappa shape index (κ1) is 15.2. The molecule has 23 heavy (non-hydrogen) atoms. The first-order valence-corrected chi connectivity index (χ1v) is 9.42. The Kier molecular flexibility index (Phi) is 4.67. The normalized spacial score (nSPS) is 24.3. The summed E-state index contributed by atoms with van der Waals surface area (Å²) in [4.78, 5) is 6.13. The zero-order chi connectivity index (χ0) is 15.5. The molecule has 3 heterocycles. The molecule has 2 fully saturated rings. The van der Waals surface area contributed by atoms with E-state index in [4.69, 9.17) is 0 Å². The van der Waals surface area contributed by atoms with Crippen molar-refractivity contribution < 1.29 is 0 Å². The molecule has 1 atom stereocenters. The van der Waals surface area contributed by atoms with E-state index in [-0.39, 0.29) is 0 Å². The Morgan fingerprint density at radius 3 is 2.74 bits per heavy atom. The van der Waals surface area contributed by atoms with E-state index < -0.39 is 0 Å². The van der Waals surface area contributed by atoms with Crippen LogP contribution in [0.4, 0.5) is 0 Å². The van der Waals surface area contributed by atoms with Gasteiger partial charge in [-0.3, -0.25) is 0 Å². The van der Waals surface area contributed by atoms with Gasteiger partial charge in [-0.2, -0.15) is 0 Å². The number of aromatic nitrogens is 1. The van der Waals surface area contributed by atoms with Crippen LogP contribution in [0.3, 0.4) is 0 Å². The Balaban J connectivity index is 1.30. The van der Waals surface area contributed by atoms with Crippen LogP contribution >= 0.6 is 0 Å². The minimum absolute atomic E-state index is 0.732. The number of hydrogen-bond donors (Lipinski definition) is 2. The summed E-state index contributed by atoms with van der Waals surface area (Å²) in [5.74, 6) is 0.732. The van der Waals surface area contributed by atoms with Gasteiger partial charge in [0.05, 0.1) is 0 Å². The molecule has 0 bridgehead atoms. The summed E-state index contributed by atoms with van der Waals surface area (Å²) in [6.07, 6.45) is 10.4. The zero-order valence-electron chi connectivity index (χ0n) is 14.1. The van der Waals surface area contributed by atoms with E-state index in [2.05, 4.69) is 45.7 Å². The largest absolute Gasteiger partial charge is 0.361 e. The highest BCUT2D eigenvalue weighted by atomic mass is 15.1. The fourth-order valence-corrected chi connectivity index (χ4v) is 4.41. The summed E-state index contributed by atoms with van der Waals surface area (Å²) in [6, 6.07) is 9.50. The number of fused-ring (bicyclic) bond motifs is 1. The lowest BCUT2D eigenvalue weighted by Crippen LogP contribution is -2.39. The molecular weight excluding hydrogens is 282 g/mol. The molecule has 3 nitrogen and oxygen atoms in total. The van der Waals surface area contributed by atoms with Crippen LogP contribution in [-0.4, -0.2) is 42.1 Å². The number of benzene rings is 1. The first-order valence-electron chi connectivity index (χ1n) is 9.42. The van der Waals surface area contributed by atoms with Crippen molar-refractivity contribution in [1.82, 2.24) is 15.2 Å². The molecule has 0 amide bonds. The second kappa shape index (κ2) is 7.06. The topological polar surface area (TPSA) is 31.1 Å². The Bertz CT molecular complexity index is 619. The molecule has 1 aromatic carbocycles. The molecule has 2 aromatic rings. The van der Waals surface area contributed by atoms with Gasteiger partial charge in [-0.05, 0) is 75.8 Å². The predicted octanol–water partition coefficient (Wildman–Crippen LogP) is 3.88. The molecule has 1 aromatic heterocycles. The van der Waals surface area contributed by atoms with Crippen molar-refractivity contribution in [2.24, 2.45) is 0 Å². The molecule has 2 saturated heterocycles. The Hall–Kier alpha value is -1.32. The van der Waals surface area contributed by atoms with Crippen molar-refractivity contribution in [1.29, 1.82) is 0 Å². The van der Waals surface area contributed by atoms with Crippen molar-refractivity contribution in [2.45, 2.75) is 50.5 Å². The number of piperidine rings is 2. The lowest BCUT2D eigenvalue weighted by atomic mass is 9.89. The predicted molar refractivity (Wildman–Crippen MR) is 97.0 cm³/mol. The van der Waals surface area contributed by atoms with Gasteiger partial charge in [-0.25, -0.2) is 0 Å². The van der Waals surface area contributed by atoms with Gasteiger partial charge >= 0.3 is 0 Å². The maximum Gasteiger partial charge on any atom is 0.0456 e. The average Bonchev–Trinajstić information content (AvgIpc) is 3.05. The number of para-hydroxylation sites is 1. The van der Waals surface area contributed by atoms with E-state index in [0.29, 0.717) is 0 Å². The van der Waals surface area contributed by atoms with Gasteiger partial charge < -0.3 is 15.2 Å². The lowest BCUT2D eigenvalue weighted by molar-refractivity contribution is 0.198. The van der Waals surface area contributed by atoms with Gasteiger partial charge in [-0.1, -0.05) is 24.6 Å². The highest BCUT2D eigenvalue weighted by Gasteiger charge is 2.23. The average molecular weight is 311 g/mol. The molecular formula is C20H29N3. The fraction of sp³-hybridized carbons (Fsp3) is 0.600. The van der Waals surface area contributed by atoms with E-state index in [1.165, 1.54) is 81.2 Å². The highest BCUT2D eigenvalue weighted by Crippen LogP contribution is 2.33. The van der Waals surface area contributed by atoms with Gasteiger partial charge in [0.25, 0.3) is 0 Å². The number of aromatic amines is 1. The number of rotatable bonds is 4. The molecule has 0 aliphatic carbocycles. The maximum absolute atomic E-state index is 3.68. The minimum atomic E-state index is 0.732. The molecule has 0 saturated carbocycles. The third-order valence-corrected chi connectivity index (χ3v) is 5.85. The lowest BCUT2D eigenvalue weighted by Gasteiger charge is -2.33. The monoisotopic (exact) mass is 311 g/mol. The van der Waals surface area contributed by atoms with Crippen LogP contribution < -0.4 is 5.32 Å². The van der Waals surface area contributed by atoms with Gasteiger partial charge in [0.2, 0.25) is 0 Å². The van der Waals surface area contributed by atoms with E-state index in [9.17, 15) is 0 Å². The standard InChI is InChI=1S/C20H29N3/c1-2-7-20-18(6-1)19(15-22-20)16-8-12-23(13-9-16)14-10-17-5-3-4-11-21-17/h1-2,6-7,15-17,21-22H,3-5,8-14H2. The van der Waals surface area contributed by atoms with E-state index in [1.54, 1.807) is 0 Å². The smallest absolute Gasteiger partial charge is 0.0456 e. The second-order valence-corrected chi connectivity index (χ2v) is 7.34. The molecule has 0 spiro atoms. The van der Waals surface area contributed by atoms with E-state index >= 15 is 0 Å². The summed E-state index contributed by atoms with van der Waals surface area (Å²) in [6.45, 7) is 5.03. The molecule has 0 radical (unpaired) electrons. The maximum atomic E-state index is 3.68. The summed E-state index contributed by atoms with van der Waals surface area (Å²) < 4.78 is 0. The first-order chi connectivity index (χ1) is 11.4. The third kappa shape index (κ3) is 3.46. The van der Waals surface area contributed by atoms with Crippen LogP contribution in [0.5, 0.6) is 0 Å². The van der Waals surface area contributed by atoms with Crippen LogP contribution in [0.2, 0.25) is 0 Å². The Morgan fingerprint density at radius 1 is 1.04 bits per heavy atom. The van der Waals surface area contributed by atoms with Gasteiger partial charge in [0.15, 0.2) is 0 Å². The number of H-pyrrole nitrogens is 1. The zero-order valence-corrected chi connectivity index (χ0v) is 14.1. The van der Waals surface area contributed by atoms with Crippen molar-refractivity contribution in [3.8, 4) is 0 Å². The number of nitrogens with zero attached hydrogens (tertiary/aromatic N) is 1. The molecule has 4 rings (SSSR count). The Morgan fingerprint density at radius 2 is 1.91 bits per heavy atom. The summed E-state index contributed by atoms with van der Waals surface area (Å²) in [5, 5.41) is 5.11. The molecule has 2 aliphatic rings. The number of hydrogen-bond acceptors (Lipinski definition) is 2. The van der Waals surface area contributed by atoms with E-state index in [1.807, 2.05) is 0 Å². The molecule has 3 heteroatoms. The van der Waals surface area contributed by atoms with Gasteiger partial charge in [-0.15, -0.1) is 0 Å². The van der Waals surface area contributed by atoms with Crippen LogP contribution in [0, 0.1) is 0 Å². The van der Waals surface area contributed by atoms with Crippen molar-refractivity contribution in [3.63, 3.8) is 0 Å². The summed E-state index contributed by atoms with van der Waals surface area (Å²) >= 11 is 0. The number of nitrogens with one attached hydrogen (secondary N) is 2. The van der Waals surface area contributed by atoms with Crippen LogP contribution in [0.25, 0.3) is 10.9 Å². The van der Waals surface area contributed by atoms with Crippen molar-refractivity contribution in [2.75, 3.05) is 26.2 Å².